The summed E-state index contributed by atoms with van der Waals surface area (Å²) in [7, 11) is 0. The highest BCUT2D eigenvalue weighted by molar-refractivity contribution is 6.34. The Morgan fingerprint density at radius 2 is 2.08 bits per heavy atom. The Hall–Kier alpha value is -2.68. The number of amides is 2. The number of carbonyl (C=O) groups is 3. The van der Waals surface area contributed by atoms with Gasteiger partial charge in [-0.05, 0) is 44.7 Å². The number of halogens is 1. The van der Waals surface area contributed by atoms with E-state index in [-0.39, 0.29) is 25.7 Å². The Morgan fingerprint density at radius 3 is 2.68 bits per heavy atom. The van der Waals surface area contributed by atoms with E-state index in [0.29, 0.717) is 17.1 Å². The van der Waals surface area contributed by atoms with Gasteiger partial charge in [-0.15, -0.1) is 6.58 Å². The van der Waals surface area contributed by atoms with Crippen LogP contribution in [0.5, 0.6) is 0 Å². The van der Waals surface area contributed by atoms with Crippen LogP contribution in [0.2, 0.25) is 5.02 Å². The molecule has 2 bridgehead atoms. The normalized spacial score (nSPS) is 32.7. The first-order valence-corrected chi connectivity index (χ1v) is 13.0. The fourth-order valence-electron chi connectivity index (χ4n) is 6.64. The Labute approximate surface area is 222 Å². The molecule has 0 radical (unpaired) electrons. The molecule has 1 N–H and O–H groups in total. The third-order valence-corrected chi connectivity index (χ3v) is 8.66. The van der Waals surface area contributed by atoms with Crippen LogP contribution in [-0.2, 0) is 23.9 Å². The van der Waals surface area contributed by atoms with E-state index in [1.165, 1.54) is 15.9 Å². The molecule has 0 aliphatic carbocycles. The minimum absolute atomic E-state index is 0.00567. The quantitative estimate of drug-likeness (QED) is 0.389. The topological polar surface area (TPSA) is 96.4 Å². The van der Waals surface area contributed by atoms with E-state index in [1.807, 2.05) is 26.8 Å². The van der Waals surface area contributed by atoms with Crippen LogP contribution in [0, 0.1) is 24.7 Å². The van der Waals surface area contributed by atoms with Gasteiger partial charge in [-0.2, -0.15) is 0 Å². The zero-order valence-corrected chi connectivity index (χ0v) is 22.5. The molecule has 9 heteroatoms. The Bertz CT molecular complexity index is 1120. The number of ether oxygens (including phenoxy) is 2. The third-order valence-electron chi connectivity index (χ3n) is 8.36. The summed E-state index contributed by atoms with van der Waals surface area (Å²) in [6.45, 7) is 14.5. The molecule has 1 aromatic carbocycles. The Balaban J connectivity index is 1.88. The number of esters is 1. The van der Waals surface area contributed by atoms with Crippen LogP contribution in [-0.4, -0.2) is 70.8 Å². The van der Waals surface area contributed by atoms with Crippen LogP contribution in [0.15, 0.2) is 43.5 Å². The number of rotatable bonds is 9. The van der Waals surface area contributed by atoms with Gasteiger partial charge in [0.15, 0.2) is 0 Å². The summed E-state index contributed by atoms with van der Waals surface area (Å²) in [5.74, 6) is -3.30. The molecule has 37 heavy (non-hydrogen) atoms. The second kappa shape index (κ2) is 9.89. The molecule has 1 spiro atoms. The highest BCUT2D eigenvalue weighted by Gasteiger charge is 2.80. The Kier molecular flexibility index (Phi) is 7.31. The van der Waals surface area contributed by atoms with Crippen LogP contribution >= 0.6 is 11.6 Å². The highest BCUT2D eigenvalue weighted by atomic mass is 35.5. The summed E-state index contributed by atoms with van der Waals surface area (Å²) in [5.41, 5.74) is -0.953. The molecule has 0 saturated carbocycles. The number of likely N-dealkylation sites (tertiary alicyclic amines) is 1. The lowest BCUT2D eigenvalue weighted by atomic mass is 9.62. The van der Waals surface area contributed by atoms with Crippen molar-refractivity contribution in [3.8, 4) is 0 Å². The molecule has 3 fully saturated rings. The molecule has 8 nitrogen and oxygen atoms in total. The fourth-order valence-corrected chi connectivity index (χ4v) is 6.96. The van der Waals surface area contributed by atoms with Crippen molar-refractivity contribution in [1.29, 1.82) is 0 Å². The molecule has 3 unspecified atom stereocenters. The largest absolute Gasteiger partial charge is 0.461 e. The minimum atomic E-state index is -1.27. The van der Waals surface area contributed by atoms with Crippen molar-refractivity contribution in [2.75, 3.05) is 24.7 Å². The van der Waals surface area contributed by atoms with Gasteiger partial charge in [-0.1, -0.05) is 49.4 Å². The first-order valence-electron chi connectivity index (χ1n) is 12.6. The number of aliphatic hydroxyl groups excluding tert-OH is 1. The smallest absolute Gasteiger partial charge is 0.313 e. The van der Waals surface area contributed by atoms with Gasteiger partial charge < -0.3 is 24.4 Å². The summed E-state index contributed by atoms with van der Waals surface area (Å²) >= 11 is 6.56. The van der Waals surface area contributed by atoms with Crippen LogP contribution < -0.4 is 4.90 Å². The van der Waals surface area contributed by atoms with Gasteiger partial charge in [-0.3, -0.25) is 14.4 Å². The van der Waals surface area contributed by atoms with E-state index < -0.39 is 52.9 Å². The standard InChI is InChI=1S/C28H35ClN2O6/c1-7-12-30(22-16(3)10-9-11-19(22)29)25(34)23-28-14-17(4)27(6,37-28)21(26(35)36-13-8-2)20(28)24(33)31(23)18(5)15-32/h7-11,17-18,20-21,23,32H,1-2,12-15H2,3-6H3/t17?,18-,20+,21-,23?,27+,28?/m1/s1. The lowest BCUT2D eigenvalue weighted by Gasteiger charge is -2.39. The van der Waals surface area contributed by atoms with Gasteiger partial charge in [0.2, 0.25) is 5.91 Å². The second-order valence-corrected chi connectivity index (χ2v) is 10.9. The average molecular weight is 531 g/mol. The predicted molar refractivity (Wildman–Crippen MR) is 140 cm³/mol. The summed E-state index contributed by atoms with van der Waals surface area (Å²) in [5, 5.41) is 10.5. The van der Waals surface area contributed by atoms with Crippen LogP contribution in [0.25, 0.3) is 0 Å². The molecule has 1 aromatic rings. The molecule has 3 aliphatic rings. The second-order valence-electron chi connectivity index (χ2n) is 10.5. The maximum atomic E-state index is 14.5. The number of carbonyl (C=O) groups excluding carboxylic acids is 3. The van der Waals surface area contributed by atoms with Crippen molar-refractivity contribution in [2.24, 2.45) is 17.8 Å². The number of aliphatic hydroxyl groups is 1. The molecule has 3 aliphatic heterocycles. The SMILES string of the molecule is C=CCOC(=O)[C@H]1[C@H]2C(=O)N([C@H](C)CO)C(C(=O)N(CC=C)c3c(C)cccc3Cl)C23CC(C)[C@]1(C)O3. The van der Waals surface area contributed by atoms with E-state index in [9.17, 15) is 19.5 Å². The monoisotopic (exact) mass is 530 g/mol. The van der Waals surface area contributed by atoms with Crippen LogP contribution in [0.3, 0.4) is 0 Å². The molecular weight excluding hydrogens is 496 g/mol. The first-order chi connectivity index (χ1) is 17.5. The molecular formula is C28H35ClN2O6. The molecule has 2 amide bonds. The van der Waals surface area contributed by atoms with E-state index in [0.717, 1.165) is 5.56 Å². The number of aryl methyl sites for hydroxylation is 1. The van der Waals surface area contributed by atoms with Gasteiger partial charge >= 0.3 is 5.97 Å². The number of hydrogen-bond acceptors (Lipinski definition) is 6. The van der Waals surface area contributed by atoms with E-state index in [1.54, 1.807) is 25.1 Å². The van der Waals surface area contributed by atoms with Crippen molar-refractivity contribution in [3.05, 3.63) is 54.1 Å². The lowest BCUT2D eigenvalue weighted by Crippen LogP contribution is -2.58. The maximum Gasteiger partial charge on any atom is 0.313 e. The summed E-state index contributed by atoms with van der Waals surface area (Å²) < 4.78 is 12.1. The van der Waals surface area contributed by atoms with Crippen LogP contribution in [0.1, 0.15) is 32.8 Å². The minimum Gasteiger partial charge on any atom is -0.461 e. The van der Waals surface area contributed by atoms with E-state index in [4.69, 9.17) is 21.1 Å². The maximum absolute atomic E-state index is 14.5. The number of hydrogen-bond donors (Lipinski definition) is 1. The molecule has 7 atom stereocenters. The van der Waals surface area contributed by atoms with Crippen molar-refractivity contribution in [1.82, 2.24) is 4.90 Å². The van der Waals surface area contributed by atoms with Crippen molar-refractivity contribution in [3.63, 3.8) is 0 Å². The number of anilines is 1. The van der Waals surface area contributed by atoms with Gasteiger partial charge in [-0.25, -0.2) is 0 Å². The average Bonchev–Trinajstić information content (AvgIpc) is 3.37. The number of fused-ring (bicyclic) bond motifs is 1. The molecule has 200 valence electrons. The van der Waals surface area contributed by atoms with Gasteiger partial charge in [0.1, 0.15) is 24.2 Å². The Morgan fingerprint density at radius 1 is 1.38 bits per heavy atom. The van der Waals surface area contributed by atoms with Crippen LogP contribution in [0.4, 0.5) is 5.69 Å². The van der Waals surface area contributed by atoms with Gasteiger partial charge in [0, 0.05) is 6.54 Å². The third kappa shape index (κ3) is 3.92. The van der Waals surface area contributed by atoms with Crippen molar-refractivity contribution < 1.29 is 29.0 Å². The molecule has 3 saturated heterocycles. The molecule has 4 rings (SSSR count). The molecule has 0 aromatic heterocycles. The summed E-state index contributed by atoms with van der Waals surface area (Å²) in [4.78, 5) is 44.8. The number of benzene rings is 1. The zero-order valence-electron chi connectivity index (χ0n) is 21.8. The van der Waals surface area contributed by atoms with Crippen molar-refractivity contribution >= 4 is 35.1 Å². The summed E-state index contributed by atoms with van der Waals surface area (Å²) in [6.07, 6.45) is 3.47. The number of nitrogens with zero attached hydrogens (tertiary/aromatic N) is 2. The van der Waals surface area contributed by atoms with Gasteiger partial charge in [0.25, 0.3) is 5.91 Å². The lowest BCUT2D eigenvalue weighted by molar-refractivity contribution is -0.161. The highest BCUT2D eigenvalue weighted by Crippen LogP contribution is 2.65. The van der Waals surface area contributed by atoms with E-state index in [2.05, 4.69) is 13.2 Å². The number of para-hydroxylation sites is 1. The summed E-state index contributed by atoms with van der Waals surface area (Å²) in [6, 6.07) is 3.59. The zero-order chi connectivity index (χ0) is 27.3. The van der Waals surface area contributed by atoms with Crippen molar-refractivity contribution in [2.45, 2.75) is 57.4 Å². The first kappa shape index (κ1) is 27.4. The van der Waals surface area contributed by atoms with Gasteiger partial charge in [0.05, 0.1) is 34.9 Å². The fraction of sp³-hybridized carbons (Fsp3) is 0.536. The molecule has 3 heterocycles. The van der Waals surface area contributed by atoms with E-state index >= 15 is 0 Å². The predicted octanol–water partition coefficient (Wildman–Crippen LogP) is 3.29.